The van der Waals surface area contributed by atoms with Crippen LogP contribution < -0.4 is 5.11 Å². The number of oxime groups is 1. The molecule has 0 aromatic carbocycles. The average molecular weight is 346 g/mol. The van der Waals surface area contributed by atoms with Crippen LogP contribution in [0.3, 0.4) is 0 Å². The van der Waals surface area contributed by atoms with E-state index < -0.39 is 5.97 Å². The van der Waals surface area contributed by atoms with Crippen LogP contribution in [-0.2, 0) is 4.79 Å². The molecule has 4 rings (SSSR count). The molecular weight excluding hydrogens is 314 g/mol. The second kappa shape index (κ2) is 5.99. The van der Waals surface area contributed by atoms with Gasteiger partial charge in [0.05, 0.1) is 5.71 Å². The maximum atomic E-state index is 11.0. The van der Waals surface area contributed by atoms with Crippen molar-refractivity contribution in [3.8, 4) is 0 Å². The lowest BCUT2D eigenvalue weighted by Crippen LogP contribution is -2.53. The van der Waals surface area contributed by atoms with Crippen LogP contribution >= 0.6 is 0 Å². The number of nitrogens with zero attached hydrogens (tertiary/aromatic N) is 1. The molecule has 0 aromatic heterocycles. The van der Waals surface area contributed by atoms with Gasteiger partial charge in [-0.1, -0.05) is 19.0 Å². The number of carboxylic acid groups (broad SMARTS) is 1. The molecule has 0 amide bonds. The van der Waals surface area contributed by atoms with Crippen LogP contribution in [-0.4, -0.2) is 16.9 Å². The van der Waals surface area contributed by atoms with E-state index in [9.17, 15) is 15.1 Å². The maximum absolute atomic E-state index is 11.0. The summed E-state index contributed by atoms with van der Waals surface area (Å²) >= 11 is 0. The van der Waals surface area contributed by atoms with Crippen LogP contribution in [0.25, 0.3) is 0 Å². The molecule has 7 atom stereocenters. The van der Waals surface area contributed by atoms with Gasteiger partial charge in [-0.05, 0) is 99.2 Å². The highest BCUT2D eigenvalue weighted by molar-refractivity contribution is 5.91. The molecule has 25 heavy (non-hydrogen) atoms. The van der Waals surface area contributed by atoms with Gasteiger partial charge in [0.25, 0.3) is 0 Å². The fourth-order valence-electron chi connectivity index (χ4n) is 7.72. The number of aliphatic carboxylic acids is 1. The van der Waals surface area contributed by atoms with Crippen molar-refractivity contribution in [3.63, 3.8) is 0 Å². The van der Waals surface area contributed by atoms with Crippen LogP contribution in [0.5, 0.6) is 0 Å². The molecule has 1 N–H and O–H groups in total. The van der Waals surface area contributed by atoms with Gasteiger partial charge in [-0.3, -0.25) is 0 Å². The monoisotopic (exact) mass is 346 g/mol. The number of rotatable bonds is 2. The Morgan fingerprint density at radius 1 is 1.16 bits per heavy atom. The number of hydrogen-bond acceptors (Lipinski definition) is 4. The minimum atomic E-state index is -0.877. The zero-order valence-electron chi connectivity index (χ0n) is 15.7. The van der Waals surface area contributed by atoms with Gasteiger partial charge in [0.15, 0.2) is 0 Å². The van der Waals surface area contributed by atoms with Crippen LogP contribution in [0.2, 0.25) is 0 Å². The lowest BCUT2D eigenvalue weighted by atomic mass is 9.44. The zero-order valence-corrected chi connectivity index (χ0v) is 15.7. The van der Waals surface area contributed by atoms with E-state index in [1.807, 2.05) is 0 Å². The van der Waals surface area contributed by atoms with Gasteiger partial charge in [-0.25, -0.2) is 0 Å². The molecule has 4 saturated carbocycles. The number of carboxylic acids is 1. The van der Waals surface area contributed by atoms with Gasteiger partial charge in [-0.2, -0.15) is 0 Å². The Bertz CT molecular complexity index is 588. The van der Waals surface area contributed by atoms with E-state index in [1.54, 1.807) is 0 Å². The molecule has 4 aliphatic rings. The van der Waals surface area contributed by atoms with E-state index in [0.717, 1.165) is 43.2 Å². The lowest BCUT2D eigenvalue weighted by molar-refractivity contribution is -0.307. The van der Waals surface area contributed by atoms with Crippen molar-refractivity contribution in [1.82, 2.24) is 0 Å². The summed E-state index contributed by atoms with van der Waals surface area (Å²) in [5, 5.41) is 24.1. The van der Waals surface area contributed by atoms with Crippen LogP contribution in [0.1, 0.15) is 78.1 Å². The maximum Gasteiger partial charge on any atom is 0.0632 e. The molecule has 0 spiro atoms. The highest BCUT2D eigenvalue weighted by Gasteiger charge is 2.59. The Kier molecular flexibility index (Phi) is 4.16. The lowest BCUT2D eigenvalue weighted by Gasteiger charge is -2.60. The van der Waals surface area contributed by atoms with Crippen molar-refractivity contribution < 1.29 is 15.1 Å². The second-order valence-electron chi connectivity index (χ2n) is 9.91. The molecule has 0 unspecified atom stereocenters. The number of carbonyl (C=O) groups is 1. The summed E-state index contributed by atoms with van der Waals surface area (Å²) in [4.78, 5) is 11.0. The Morgan fingerprint density at radius 3 is 2.68 bits per heavy atom. The minimum absolute atomic E-state index is 0.116. The van der Waals surface area contributed by atoms with E-state index in [4.69, 9.17) is 0 Å². The molecule has 0 aliphatic heterocycles. The second-order valence-corrected chi connectivity index (χ2v) is 9.91. The van der Waals surface area contributed by atoms with Crippen LogP contribution in [0.4, 0.5) is 0 Å². The number of hydrogen-bond donors (Lipinski definition) is 1. The van der Waals surface area contributed by atoms with Crippen molar-refractivity contribution in [2.24, 2.45) is 45.6 Å². The zero-order chi connectivity index (χ0) is 17.8. The van der Waals surface area contributed by atoms with Crippen molar-refractivity contribution >= 4 is 11.7 Å². The molecule has 0 heterocycles. The number of fused-ring (bicyclic) bond motifs is 5. The van der Waals surface area contributed by atoms with E-state index in [2.05, 4.69) is 19.0 Å². The Hall–Kier alpha value is -1.06. The first kappa shape index (κ1) is 17.4. The fourth-order valence-corrected chi connectivity index (χ4v) is 7.72. The van der Waals surface area contributed by atoms with E-state index in [-0.39, 0.29) is 11.8 Å². The largest absolute Gasteiger partial charge is 0.550 e. The molecule has 4 nitrogen and oxygen atoms in total. The van der Waals surface area contributed by atoms with Gasteiger partial charge >= 0.3 is 0 Å². The first-order valence-corrected chi connectivity index (χ1v) is 10.3. The van der Waals surface area contributed by atoms with Crippen molar-refractivity contribution in [1.29, 1.82) is 0 Å². The predicted molar refractivity (Wildman–Crippen MR) is 94.1 cm³/mol. The Balaban J connectivity index is 1.55. The van der Waals surface area contributed by atoms with E-state index in [0.29, 0.717) is 23.2 Å². The van der Waals surface area contributed by atoms with Crippen molar-refractivity contribution in [2.75, 3.05) is 0 Å². The minimum Gasteiger partial charge on any atom is -0.550 e. The molecule has 0 radical (unpaired) electrons. The third-order valence-electron chi connectivity index (χ3n) is 9.09. The highest BCUT2D eigenvalue weighted by atomic mass is 16.4. The molecule has 140 valence electrons. The summed E-state index contributed by atoms with van der Waals surface area (Å²) < 4.78 is 0. The summed E-state index contributed by atoms with van der Waals surface area (Å²) in [7, 11) is 0. The highest BCUT2D eigenvalue weighted by Crippen LogP contribution is 2.66. The summed E-state index contributed by atoms with van der Waals surface area (Å²) in [5.74, 6) is 2.34. The predicted octanol–water partition coefficient (Wildman–Crippen LogP) is 3.62. The molecular formula is C21H32NO3-. The van der Waals surface area contributed by atoms with E-state index in [1.165, 1.54) is 32.1 Å². The number of carbonyl (C=O) groups excluding carboxylic acids is 1. The van der Waals surface area contributed by atoms with Gasteiger partial charge in [-0.15, -0.1) is 0 Å². The third kappa shape index (κ3) is 2.54. The molecule has 4 aliphatic carbocycles. The van der Waals surface area contributed by atoms with Crippen LogP contribution in [0, 0.1) is 40.4 Å². The van der Waals surface area contributed by atoms with Gasteiger partial charge < -0.3 is 15.1 Å². The summed E-state index contributed by atoms with van der Waals surface area (Å²) in [6.07, 6.45) is 10.6. The Morgan fingerprint density at radius 2 is 1.96 bits per heavy atom. The smallest absolute Gasteiger partial charge is 0.0632 e. The van der Waals surface area contributed by atoms with E-state index >= 15 is 0 Å². The molecule has 4 fully saturated rings. The van der Waals surface area contributed by atoms with Crippen LogP contribution in [0.15, 0.2) is 5.16 Å². The average Bonchev–Trinajstić information content (AvgIpc) is 2.91. The fraction of sp³-hybridized carbons (Fsp3) is 0.905. The van der Waals surface area contributed by atoms with Crippen molar-refractivity contribution in [2.45, 2.75) is 78.1 Å². The summed E-state index contributed by atoms with van der Waals surface area (Å²) in [6, 6.07) is 0. The molecule has 4 heteroatoms. The molecule has 0 saturated heterocycles. The van der Waals surface area contributed by atoms with Gasteiger partial charge in [0.1, 0.15) is 0 Å². The molecule has 0 aromatic rings. The first-order valence-electron chi connectivity index (χ1n) is 10.3. The van der Waals surface area contributed by atoms with Gasteiger partial charge in [0, 0.05) is 11.4 Å². The summed E-state index contributed by atoms with van der Waals surface area (Å²) in [5.41, 5.74) is 1.54. The normalized spacial score (nSPS) is 50.8. The van der Waals surface area contributed by atoms with Crippen molar-refractivity contribution in [3.05, 3.63) is 0 Å². The quantitative estimate of drug-likeness (QED) is 0.613. The SMILES string of the molecule is C[C@]12CC[C@H](CC(=O)[O-])C[C@@H]1CC[C@@H]1[C@@H]2CC[C@]2(C)/C(=N\O)CC[C@@H]12. The summed E-state index contributed by atoms with van der Waals surface area (Å²) in [6.45, 7) is 4.84. The van der Waals surface area contributed by atoms with Gasteiger partial charge in [0.2, 0.25) is 0 Å². The first-order chi connectivity index (χ1) is 11.9. The molecule has 0 bridgehead atoms. The standard InChI is InChI=1S/C21H33NO3/c1-20-9-7-13(12-19(23)24)11-14(20)3-4-15-16-5-6-18(22-25)21(16,2)10-8-17(15)20/h13-17,25H,3-12H2,1-2H3,(H,23,24)/p-1/b22-18-/t13-,14-,15-,16-,17-,20-,21-/m0/s1. The topological polar surface area (TPSA) is 72.7 Å². The Labute approximate surface area is 151 Å². The third-order valence-corrected chi connectivity index (χ3v) is 9.09.